The number of halogens is 1. The molecule has 0 aromatic carbocycles. The van der Waals surface area contributed by atoms with Crippen molar-refractivity contribution in [3.05, 3.63) is 29.8 Å². The molecule has 3 heteroatoms. The number of hydrogen-bond donors (Lipinski definition) is 1. The third-order valence-electron chi connectivity index (χ3n) is 2.32. The zero-order chi connectivity index (χ0) is 12.0. The maximum Gasteiger partial charge on any atom is 0.141 e. The number of pyridine rings is 1. The molecule has 0 spiro atoms. The molecule has 2 nitrogen and oxygen atoms in total. The van der Waals surface area contributed by atoms with Crippen molar-refractivity contribution in [2.75, 3.05) is 6.54 Å². The van der Waals surface area contributed by atoms with Crippen molar-refractivity contribution in [2.45, 2.75) is 26.8 Å². The Bertz CT molecular complexity index is 373. The van der Waals surface area contributed by atoms with E-state index in [0.29, 0.717) is 12.5 Å². The summed E-state index contributed by atoms with van der Waals surface area (Å²) >= 11 is 0. The van der Waals surface area contributed by atoms with Crippen molar-refractivity contribution in [1.82, 2.24) is 10.3 Å². The molecule has 0 fully saturated rings. The van der Waals surface area contributed by atoms with Gasteiger partial charge in [-0.05, 0) is 25.0 Å². The normalized spacial score (nSPS) is 12.1. The molecular weight excluding hydrogens is 203 g/mol. The molecule has 1 heterocycles. The first-order valence-electron chi connectivity index (χ1n) is 5.39. The van der Waals surface area contributed by atoms with E-state index in [9.17, 15) is 4.39 Å². The fourth-order valence-corrected chi connectivity index (χ4v) is 1.50. The number of aromatic nitrogens is 1. The summed E-state index contributed by atoms with van der Waals surface area (Å²) in [6.07, 6.45) is 1.25. The van der Waals surface area contributed by atoms with E-state index in [1.54, 1.807) is 6.07 Å². The second kappa shape index (κ2) is 6.24. The fourth-order valence-electron chi connectivity index (χ4n) is 1.50. The zero-order valence-electron chi connectivity index (χ0n) is 9.92. The topological polar surface area (TPSA) is 24.9 Å². The van der Waals surface area contributed by atoms with Gasteiger partial charge in [0.05, 0.1) is 24.5 Å². The Morgan fingerprint density at radius 2 is 2.19 bits per heavy atom. The molecule has 0 saturated heterocycles. The number of nitrogens with one attached hydrogen (secondary N) is 1. The minimum absolute atomic E-state index is 0.112. The fraction of sp³-hybridized carbons (Fsp3) is 0.462. The molecule has 1 aromatic rings. The van der Waals surface area contributed by atoms with E-state index >= 15 is 0 Å². The summed E-state index contributed by atoms with van der Waals surface area (Å²) < 4.78 is 12.8. The van der Waals surface area contributed by atoms with Crippen LogP contribution in [-0.4, -0.2) is 11.5 Å². The standard InChI is InChI=1S/C13H17FN2/c1-4-5-8-15-13(10(2)3)12-7-6-11(14)9-16-12/h6-7,9-10,13,15H,8H2,1-3H3. The van der Waals surface area contributed by atoms with Gasteiger partial charge in [0.1, 0.15) is 5.82 Å². The Labute approximate surface area is 96.3 Å². The van der Waals surface area contributed by atoms with Crippen LogP contribution in [-0.2, 0) is 0 Å². The lowest BCUT2D eigenvalue weighted by Crippen LogP contribution is -2.26. The van der Waals surface area contributed by atoms with Crippen molar-refractivity contribution < 1.29 is 4.39 Å². The van der Waals surface area contributed by atoms with Crippen molar-refractivity contribution in [2.24, 2.45) is 5.92 Å². The van der Waals surface area contributed by atoms with E-state index in [1.165, 1.54) is 12.3 Å². The lowest BCUT2D eigenvalue weighted by molar-refractivity contribution is 0.421. The maximum atomic E-state index is 12.8. The van der Waals surface area contributed by atoms with E-state index in [0.717, 1.165) is 5.69 Å². The Morgan fingerprint density at radius 1 is 1.44 bits per heavy atom. The second-order valence-electron chi connectivity index (χ2n) is 3.93. The number of hydrogen-bond acceptors (Lipinski definition) is 2. The average Bonchev–Trinajstić information content (AvgIpc) is 2.26. The molecule has 86 valence electrons. The van der Waals surface area contributed by atoms with E-state index in [1.807, 2.05) is 6.92 Å². The van der Waals surface area contributed by atoms with Gasteiger partial charge in [-0.1, -0.05) is 19.8 Å². The van der Waals surface area contributed by atoms with Crippen molar-refractivity contribution in [3.8, 4) is 11.8 Å². The third kappa shape index (κ3) is 3.63. The van der Waals surface area contributed by atoms with Crippen LogP contribution in [0.1, 0.15) is 32.5 Å². The van der Waals surface area contributed by atoms with Crippen molar-refractivity contribution in [3.63, 3.8) is 0 Å². The predicted molar refractivity (Wildman–Crippen MR) is 63.2 cm³/mol. The van der Waals surface area contributed by atoms with Gasteiger partial charge in [-0.25, -0.2) is 4.39 Å². The molecule has 0 aliphatic heterocycles. The quantitative estimate of drug-likeness (QED) is 0.789. The lowest BCUT2D eigenvalue weighted by Gasteiger charge is -2.20. The van der Waals surface area contributed by atoms with Crippen LogP contribution in [0, 0.1) is 23.6 Å². The molecule has 0 amide bonds. The Balaban J connectivity index is 2.75. The van der Waals surface area contributed by atoms with Gasteiger partial charge in [-0.2, -0.15) is 0 Å². The molecule has 1 rings (SSSR count). The van der Waals surface area contributed by atoms with Crippen LogP contribution in [0.25, 0.3) is 0 Å². The first-order chi connectivity index (χ1) is 7.65. The van der Waals surface area contributed by atoms with Gasteiger partial charge in [-0.15, -0.1) is 5.92 Å². The average molecular weight is 220 g/mol. The maximum absolute atomic E-state index is 12.8. The highest BCUT2D eigenvalue weighted by Crippen LogP contribution is 2.19. The van der Waals surface area contributed by atoms with Crippen LogP contribution in [0.5, 0.6) is 0 Å². The minimum Gasteiger partial charge on any atom is -0.298 e. The minimum atomic E-state index is -0.306. The first-order valence-corrected chi connectivity index (χ1v) is 5.39. The molecule has 0 aliphatic carbocycles. The lowest BCUT2D eigenvalue weighted by atomic mass is 10.0. The van der Waals surface area contributed by atoms with Gasteiger partial charge in [0.25, 0.3) is 0 Å². The molecule has 16 heavy (non-hydrogen) atoms. The number of rotatable bonds is 4. The van der Waals surface area contributed by atoms with E-state index < -0.39 is 0 Å². The molecule has 0 bridgehead atoms. The summed E-state index contributed by atoms with van der Waals surface area (Å²) in [4.78, 5) is 4.09. The second-order valence-corrected chi connectivity index (χ2v) is 3.93. The van der Waals surface area contributed by atoms with E-state index in [2.05, 4.69) is 36.0 Å². The van der Waals surface area contributed by atoms with Crippen molar-refractivity contribution in [1.29, 1.82) is 0 Å². The smallest absolute Gasteiger partial charge is 0.141 e. The van der Waals surface area contributed by atoms with Crippen LogP contribution < -0.4 is 5.32 Å². The van der Waals surface area contributed by atoms with Gasteiger partial charge in [-0.3, -0.25) is 10.3 Å². The van der Waals surface area contributed by atoms with Gasteiger partial charge in [0.15, 0.2) is 0 Å². The molecule has 1 aromatic heterocycles. The van der Waals surface area contributed by atoms with Gasteiger partial charge in [0, 0.05) is 0 Å². The summed E-state index contributed by atoms with van der Waals surface area (Å²) in [5.74, 6) is 5.86. The first kappa shape index (κ1) is 12.7. The van der Waals surface area contributed by atoms with Crippen LogP contribution >= 0.6 is 0 Å². The monoisotopic (exact) mass is 220 g/mol. The summed E-state index contributed by atoms with van der Waals surface area (Å²) in [7, 11) is 0. The molecule has 0 radical (unpaired) electrons. The SMILES string of the molecule is CC#CCNC(c1ccc(F)cn1)C(C)C. The molecule has 1 atom stereocenters. The van der Waals surface area contributed by atoms with Crippen LogP contribution in [0.2, 0.25) is 0 Å². The third-order valence-corrected chi connectivity index (χ3v) is 2.32. The van der Waals surface area contributed by atoms with Gasteiger partial charge < -0.3 is 0 Å². The number of nitrogens with zero attached hydrogens (tertiary/aromatic N) is 1. The molecule has 0 saturated carbocycles. The Morgan fingerprint density at radius 3 is 2.69 bits per heavy atom. The zero-order valence-corrected chi connectivity index (χ0v) is 9.92. The highest BCUT2D eigenvalue weighted by atomic mass is 19.1. The van der Waals surface area contributed by atoms with E-state index in [4.69, 9.17) is 0 Å². The van der Waals surface area contributed by atoms with Gasteiger partial charge >= 0.3 is 0 Å². The summed E-state index contributed by atoms with van der Waals surface area (Å²) in [6, 6.07) is 3.26. The summed E-state index contributed by atoms with van der Waals surface area (Å²) in [5.41, 5.74) is 0.856. The highest BCUT2D eigenvalue weighted by Gasteiger charge is 2.15. The molecule has 1 N–H and O–H groups in total. The molecular formula is C13H17FN2. The van der Waals surface area contributed by atoms with Crippen molar-refractivity contribution >= 4 is 0 Å². The summed E-state index contributed by atoms with van der Waals surface area (Å²) in [5, 5.41) is 3.30. The summed E-state index contributed by atoms with van der Waals surface area (Å²) in [6.45, 7) is 6.63. The highest BCUT2D eigenvalue weighted by molar-refractivity contribution is 5.11. The van der Waals surface area contributed by atoms with Gasteiger partial charge in [0.2, 0.25) is 0 Å². The predicted octanol–water partition coefficient (Wildman–Crippen LogP) is 2.53. The van der Waals surface area contributed by atoms with Crippen LogP contribution in [0.4, 0.5) is 4.39 Å². The largest absolute Gasteiger partial charge is 0.298 e. The van der Waals surface area contributed by atoms with Crippen LogP contribution in [0.15, 0.2) is 18.3 Å². The Hall–Kier alpha value is -1.40. The molecule has 1 unspecified atom stereocenters. The van der Waals surface area contributed by atoms with E-state index in [-0.39, 0.29) is 11.9 Å². The Kier molecular flexibility index (Phi) is 4.94. The van der Waals surface area contributed by atoms with Crippen LogP contribution in [0.3, 0.4) is 0 Å². The molecule has 0 aliphatic rings.